The van der Waals surface area contributed by atoms with Crippen molar-refractivity contribution in [1.29, 1.82) is 5.26 Å². The molecule has 2 aromatic rings. The lowest BCUT2D eigenvalue weighted by molar-refractivity contribution is 0.00751. The summed E-state index contributed by atoms with van der Waals surface area (Å²) >= 11 is 3.62. The first-order valence-electron chi connectivity index (χ1n) is 8.81. The highest BCUT2D eigenvalue weighted by atomic mass is 79.9. The summed E-state index contributed by atoms with van der Waals surface area (Å²) in [6, 6.07) is 4.82. The topological polar surface area (TPSA) is 74.3 Å². The van der Waals surface area contributed by atoms with Gasteiger partial charge in [0.2, 0.25) is 5.76 Å². The van der Waals surface area contributed by atoms with E-state index in [1.807, 2.05) is 6.07 Å². The van der Waals surface area contributed by atoms with Gasteiger partial charge in [-0.15, -0.1) is 0 Å². The molecule has 2 aliphatic rings. The number of hydrogen-bond acceptors (Lipinski definition) is 6. The Morgan fingerprint density at radius 2 is 2.16 bits per heavy atom. The summed E-state index contributed by atoms with van der Waals surface area (Å²) in [4.78, 5) is 7.06. The lowest BCUT2D eigenvalue weighted by Crippen LogP contribution is -2.47. The molecule has 2 aromatic heterocycles. The molecule has 1 aliphatic heterocycles. The van der Waals surface area contributed by atoms with Gasteiger partial charge in [0.15, 0.2) is 5.58 Å². The van der Waals surface area contributed by atoms with E-state index in [-0.39, 0.29) is 0 Å². The van der Waals surface area contributed by atoms with Crippen LogP contribution in [-0.2, 0) is 4.74 Å². The number of pyridine rings is 1. The fourth-order valence-corrected chi connectivity index (χ4v) is 4.43. The molecule has 2 fully saturated rings. The van der Waals surface area contributed by atoms with Crippen molar-refractivity contribution in [1.82, 2.24) is 9.88 Å². The van der Waals surface area contributed by atoms with Crippen molar-refractivity contribution in [2.24, 2.45) is 0 Å². The third-order valence-corrected chi connectivity index (χ3v) is 5.98. The number of furan rings is 1. The van der Waals surface area contributed by atoms with E-state index >= 15 is 0 Å². The Morgan fingerprint density at radius 3 is 2.96 bits per heavy atom. The lowest BCUT2D eigenvalue weighted by atomic mass is 9.89. The SMILES string of the molecule is N#Cc1cc2c(Br)c(N[C@H]3CCC[C@@H](N4CCOCC4)C3)ncc2o1. The van der Waals surface area contributed by atoms with Crippen LogP contribution in [0.5, 0.6) is 0 Å². The first kappa shape index (κ1) is 16.8. The van der Waals surface area contributed by atoms with Crippen molar-refractivity contribution in [2.75, 3.05) is 31.6 Å². The standard InChI is InChI=1S/C18H21BrN4O2/c19-17-15-9-14(10-20)25-16(15)11-21-18(17)22-12-2-1-3-13(8-12)23-4-6-24-7-5-23/h9,11-13H,1-8H2,(H,21,22)/t12-,13+/m0/s1. The smallest absolute Gasteiger partial charge is 0.204 e. The van der Waals surface area contributed by atoms with Gasteiger partial charge in [-0.2, -0.15) is 5.26 Å². The highest BCUT2D eigenvalue weighted by molar-refractivity contribution is 9.10. The molecule has 1 aliphatic carbocycles. The maximum absolute atomic E-state index is 9.00. The van der Waals surface area contributed by atoms with Crippen LogP contribution < -0.4 is 5.32 Å². The molecule has 0 aromatic carbocycles. The van der Waals surface area contributed by atoms with Gasteiger partial charge in [0, 0.05) is 36.6 Å². The maximum Gasteiger partial charge on any atom is 0.204 e. The second-order valence-corrected chi connectivity index (χ2v) is 7.52. The van der Waals surface area contributed by atoms with Crippen LogP contribution >= 0.6 is 15.9 Å². The second kappa shape index (κ2) is 7.32. The van der Waals surface area contributed by atoms with Crippen molar-refractivity contribution < 1.29 is 9.15 Å². The largest absolute Gasteiger partial charge is 0.444 e. The molecular formula is C18H21BrN4O2. The molecule has 6 nitrogen and oxygen atoms in total. The van der Waals surface area contributed by atoms with E-state index in [0.29, 0.717) is 23.4 Å². The molecule has 0 bridgehead atoms. The molecule has 7 heteroatoms. The van der Waals surface area contributed by atoms with Crippen molar-refractivity contribution in [3.63, 3.8) is 0 Å². The number of halogens is 1. The number of fused-ring (bicyclic) bond motifs is 1. The van der Waals surface area contributed by atoms with Crippen LogP contribution in [0.1, 0.15) is 31.4 Å². The predicted molar refractivity (Wildman–Crippen MR) is 98.5 cm³/mol. The monoisotopic (exact) mass is 404 g/mol. The fourth-order valence-electron chi connectivity index (χ4n) is 3.90. The molecule has 1 saturated heterocycles. The van der Waals surface area contributed by atoms with Gasteiger partial charge in [0.25, 0.3) is 0 Å². The Hall–Kier alpha value is -1.62. The van der Waals surface area contributed by atoms with Gasteiger partial charge < -0.3 is 14.5 Å². The Balaban J connectivity index is 1.48. The van der Waals surface area contributed by atoms with Crippen LogP contribution in [0.25, 0.3) is 11.0 Å². The van der Waals surface area contributed by atoms with Gasteiger partial charge in [0.1, 0.15) is 11.9 Å². The highest BCUT2D eigenvalue weighted by Gasteiger charge is 2.28. The minimum atomic E-state index is 0.305. The number of morpholine rings is 1. The summed E-state index contributed by atoms with van der Waals surface area (Å²) in [6.45, 7) is 3.77. The normalized spacial score (nSPS) is 25.0. The number of aromatic nitrogens is 1. The average Bonchev–Trinajstić information content (AvgIpc) is 3.09. The number of nitrogens with zero attached hydrogens (tertiary/aromatic N) is 3. The second-order valence-electron chi connectivity index (χ2n) is 6.73. The first-order valence-corrected chi connectivity index (χ1v) is 9.60. The van der Waals surface area contributed by atoms with E-state index in [1.54, 1.807) is 12.3 Å². The van der Waals surface area contributed by atoms with Gasteiger partial charge in [0.05, 0.1) is 23.9 Å². The minimum absolute atomic E-state index is 0.305. The van der Waals surface area contributed by atoms with Gasteiger partial charge in [-0.3, -0.25) is 4.90 Å². The molecule has 2 atom stereocenters. The molecule has 1 saturated carbocycles. The number of hydrogen-bond donors (Lipinski definition) is 1. The van der Waals surface area contributed by atoms with Crippen molar-refractivity contribution in [3.8, 4) is 6.07 Å². The Kier molecular flexibility index (Phi) is 4.93. The minimum Gasteiger partial charge on any atom is -0.444 e. The molecule has 4 rings (SSSR count). The first-order chi connectivity index (χ1) is 12.2. The van der Waals surface area contributed by atoms with Gasteiger partial charge in [-0.05, 0) is 41.6 Å². The summed E-state index contributed by atoms with van der Waals surface area (Å²) < 4.78 is 11.8. The number of ether oxygens (including phenoxy) is 1. The molecule has 3 heterocycles. The van der Waals surface area contributed by atoms with Crippen LogP contribution in [0.4, 0.5) is 5.82 Å². The number of anilines is 1. The van der Waals surface area contributed by atoms with E-state index in [9.17, 15) is 0 Å². The number of nitriles is 1. The summed E-state index contributed by atoms with van der Waals surface area (Å²) in [6.07, 6.45) is 6.46. The van der Waals surface area contributed by atoms with E-state index in [4.69, 9.17) is 14.4 Å². The zero-order valence-corrected chi connectivity index (χ0v) is 15.6. The summed E-state index contributed by atoms with van der Waals surface area (Å²) in [5.41, 5.74) is 0.629. The lowest BCUT2D eigenvalue weighted by Gasteiger charge is -2.39. The van der Waals surface area contributed by atoms with E-state index < -0.39 is 0 Å². The molecule has 1 N–H and O–H groups in total. The Labute approximate surface area is 155 Å². The predicted octanol–water partition coefficient (Wildman–Crippen LogP) is 3.52. The Morgan fingerprint density at radius 1 is 1.32 bits per heavy atom. The quantitative estimate of drug-likeness (QED) is 0.843. The summed E-state index contributed by atoms with van der Waals surface area (Å²) in [7, 11) is 0. The van der Waals surface area contributed by atoms with E-state index in [1.165, 1.54) is 12.8 Å². The van der Waals surface area contributed by atoms with Crippen LogP contribution in [0.2, 0.25) is 0 Å². The third-order valence-electron chi connectivity index (χ3n) is 5.18. The van der Waals surface area contributed by atoms with Crippen molar-refractivity contribution >= 4 is 32.7 Å². The fraction of sp³-hybridized carbons (Fsp3) is 0.556. The van der Waals surface area contributed by atoms with E-state index in [0.717, 1.165) is 54.8 Å². The van der Waals surface area contributed by atoms with Crippen LogP contribution in [0.15, 0.2) is 21.2 Å². The third kappa shape index (κ3) is 3.52. The molecule has 0 radical (unpaired) electrons. The Bertz CT molecular complexity index is 794. The van der Waals surface area contributed by atoms with Gasteiger partial charge >= 0.3 is 0 Å². The van der Waals surface area contributed by atoms with Gasteiger partial charge in [-0.25, -0.2) is 4.98 Å². The molecule has 0 amide bonds. The van der Waals surface area contributed by atoms with Crippen molar-refractivity contribution in [2.45, 2.75) is 37.8 Å². The van der Waals surface area contributed by atoms with Crippen molar-refractivity contribution in [3.05, 3.63) is 22.5 Å². The van der Waals surface area contributed by atoms with E-state index in [2.05, 4.69) is 31.1 Å². The van der Waals surface area contributed by atoms with Gasteiger partial charge in [-0.1, -0.05) is 0 Å². The molecule has 132 valence electrons. The molecule has 0 spiro atoms. The zero-order valence-electron chi connectivity index (χ0n) is 14.0. The van der Waals surface area contributed by atoms with Crippen LogP contribution in [-0.4, -0.2) is 48.3 Å². The molecule has 0 unspecified atom stereocenters. The zero-order chi connectivity index (χ0) is 17.2. The maximum atomic E-state index is 9.00. The molecule has 25 heavy (non-hydrogen) atoms. The average molecular weight is 405 g/mol. The van der Waals surface area contributed by atoms with Crippen LogP contribution in [0.3, 0.4) is 0 Å². The number of nitrogens with one attached hydrogen (secondary N) is 1. The highest BCUT2D eigenvalue weighted by Crippen LogP contribution is 2.33. The summed E-state index contributed by atoms with van der Waals surface area (Å²) in [5.74, 6) is 1.13. The number of rotatable bonds is 3. The molecular weight excluding hydrogens is 384 g/mol. The van der Waals surface area contributed by atoms with Crippen LogP contribution in [0, 0.1) is 11.3 Å². The summed E-state index contributed by atoms with van der Waals surface area (Å²) in [5, 5.41) is 13.5.